The first kappa shape index (κ1) is 21.7. The molecule has 0 saturated carbocycles. The average molecular weight is 428 g/mol. The molecule has 1 unspecified atom stereocenters. The van der Waals surface area contributed by atoms with Gasteiger partial charge in [-0.25, -0.2) is 9.78 Å². The summed E-state index contributed by atoms with van der Waals surface area (Å²) in [5, 5.41) is 4.65. The molecule has 0 radical (unpaired) electrons. The summed E-state index contributed by atoms with van der Waals surface area (Å²) in [5.41, 5.74) is 2.40. The second-order valence-electron chi connectivity index (χ2n) is 7.26. The Kier molecular flexibility index (Phi) is 6.66. The smallest absolute Gasteiger partial charge is 0.339 e. The minimum atomic E-state index is -0.807. The van der Waals surface area contributed by atoms with Gasteiger partial charge >= 0.3 is 5.97 Å². The number of esters is 1. The van der Waals surface area contributed by atoms with Crippen LogP contribution in [-0.2, 0) is 9.53 Å². The Labute approximate surface area is 178 Å². The molecular weight excluding hydrogens is 402 g/mol. The molecule has 30 heavy (non-hydrogen) atoms. The molecule has 0 saturated heterocycles. The van der Waals surface area contributed by atoms with Crippen LogP contribution >= 0.6 is 11.3 Å². The number of aryl methyl sites for hydroxylation is 2. The predicted molar refractivity (Wildman–Crippen MR) is 118 cm³/mol. The number of amides is 1. The number of ether oxygens (including phenoxy) is 1. The van der Waals surface area contributed by atoms with Crippen molar-refractivity contribution < 1.29 is 14.3 Å². The molecule has 2 aromatic heterocycles. The number of unbranched alkanes of at least 4 members (excludes halogenated alkanes) is 1. The molecule has 158 valence electrons. The Balaban J connectivity index is 1.90. The van der Waals surface area contributed by atoms with Gasteiger partial charge in [-0.3, -0.25) is 14.2 Å². The Bertz CT molecular complexity index is 1150. The van der Waals surface area contributed by atoms with E-state index in [0.717, 1.165) is 24.0 Å². The molecule has 3 aromatic rings. The van der Waals surface area contributed by atoms with Crippen molar-refractivity contribution in [3.05, 3.63) is 57.0 Å². The maximum absolute atomic E-state index is 13.1. The summed E-state index contributed by atoms with van der Waals surface area (Å²) in [4.78, 5) is 43.0. The highest BCUT2D eigenvalue weighted by Crippen LogP contribution is 2.23. The summed E-state index contributed by atoms with van der Waals surface area (Å²) in [6.45, 7) is 7.78. The number of nitrogens with one attached hydrogen (secondary N) is 1. The van der Waals surface area contributed by atoms with E-state index < -0.39 is 17.6 Å². The van der Waals surface area contributed by atoms with E-state index in [9.17, 15) is 14.4 Å². The molecule has 3 rings (SSSR count). The third-order valence-electron chi connectivity index (χ3n) is 4.92. The third kappa shape index (κ3) is 4.43. The van der Waals surface area contributed by atoms with E-state index >= 15 is 0 Å². The van der Waals surface area contributed by atoms with Crippen molar-refractivity contribution in [1.82, 2.24) is 9.55 Å². The first-order valence-electron chi connectivity index (χ1n) is 9.87. The number of benzene rings is 1. The maximum atomic E-state index is 13.1. The highest BCUT2D eigenvalue weighted by atomic mass is 32.1. The SMILES string of the molecule is CCCCOC(=O)c1csc2ncn(C(C)C(=O)Nc3cc(C)ccc3C)c(=O)c12. The molecule has 0 aliphatic carbocycles. The van der Waals surface area contributed by atoms with Crippen LogP contribution in [-0.4, -0.2) is 28.0 Å². The van der Waals surface area contributed by atoms with Gasteiger partial charge < -0.3 is 10.1 Å². The largest absolute Gasteiger partial charge is 0.462 e. The minimum absolute atomic E-state index is 0.190. The first-order chi connectivity index (χ1) is 14.3. The lowest BCUT2D eigenvalue weighted by atomic mass is 10.1. The van der Waals surface area contributed by atoms with Gasteiger partial charge in [0.15, 0.2) is 0 Å². The van der Waals surface area contributed by atoms with Gasteiger partial charge in [-0.05, 0) is 44.4 Å². The number of anilines is 1. The number of fused-ring (bicyclic) bond motifs is 1. The fraction of sp³-hybridized carbons (Fsp3) is 0.364. The number of carbonyl (C=O) groups is 2. The van der Waals surface area contributed by atoms with E-state index in [0.29, 0.717) is 17.1 Å². The molecule has 1 atom stereocenters. The Morgan fingerprint density at radius 2 is 2.07 bits per heavy atom. The zero-order chi connectivity index (χ0) is 21.8. The molecular formula is C22H25N3O4S. The van der Waals surface area contributed by atoms with Crippen molar-refractivity contribution in [2.75, 3.05) is 11.9 Å². The van der Waals surface area contributed by atoms with Crippen LogP contribution in [0, 0.1) is 13.8 Å². The first-order valence-corrected chi connectivity index (χ1v) is 10.7. The van der Waals surface area contributed by atoms with E-state index in [1.165, 1.54) is 22.2 Å². The molecule has 0 fully saturated rings. The maximum Gasteiger partial charge on any atom is 0.339 e. The quantitative estimate of drug-likeness (QED) is 0.450. The Morgan fingerprint density at radius 3 is 2.80 bits per heavy atom. The van der Waals surface area contributed by atoms with Crippen LogP contribution in [0.15, 0.2) is 34.7 Å². The van der Waals surface area contributed by atoms with E-state index in [1.54, 1.807) is 12.3 Å². The van der Waals surface area contributed by atoms with Crippen molar-refractivity contribution in [3.63, 3.8) is 0 Å². The zero-order valence-electron chi connectivity index (χ0n) is 17.5. The molecule has 0 bridgehead atoms. The second kappa shape index (κ2) is 9.21. The Morgan fingerprint density at radius 1 is 1.30 bits per heavy atom. The number of hydrogen-bond donors (Lipinski definition) is 1. The third-order valence-corrected chi connectivity index (χ3v) is 5.80. The second-order valence-corrected chi connectivity index (χ2v) is 8.12. The monoisotopic (exact) mass is 427 g/mol. The highest BCUT2D eigenvalue weighted by molar-refractivity contribution is 7.17. The summed E-state index contributed by atoms with van der Waals surface area (Å²) in [5.74, 6) is -0.881. The van der Waals surface area contributed by atoms with Crippen LogP contribution in [0.4, 0.5) is 5.69 Å². The van der Waals surface area contributed by atoms with E-state index in [-0.39, 0.29) is 16.9 Å². The van der Waals surface area contributed by atoms with Gasteiger partial charge in [-0.15, -0.1) is 11.3 Å². The van der Waals surface area contributed by atoms with E-state index in [1.807, 2.05) is 39.0 Å². The molecule has 0 spiro atoms. The van der Waals surface area contributed by atoms with Crippen molar-refractivity contribution in [3.8, 4) is 0 Å². The zero-order valence-corrected chi connectivity index (χ0v) is 18.3. The lowest BCUT2D eigenvalue weighted by Gasteiger charge is -2.16. The minimum Gasteiger partial charge on any atom is -0.462 e. The summed E-state index contributed by atoms with van der Waals surface area (Å²) in [7, 11) is 0. The van der Waals surface area contributed by atoms with Crippen molar-refractivity contribution >= 4 is 39.1 Å². The number of rotatable bonds is 7. The van der Waals surface area contributed by atoms with Gasteiger partial charge in [0, 0.05) is 11.1 Å². The number of nitrogens with zero attached hydrogens (tertiary/aromatic N) is 2. The van der Waals surface area contributed by atoms with Crippen LogP contribution in [0.5, 0.6) is 0 Å². The van der Waals surface area contributed by atoms with Gasteiger partial charge in [0.1, 0.15) is 10.9 Å². The van der Waals surface area contributed by atoms with Crippen LogP contribution in [0.3, 0.4) is 0 Å². The van der Waals surface area contributed by atoms with Gasteiger partial charge in [0.25, 0.3) is 5.56 Å². The fourth-order valence-electron chi connectivity index (χ4n) is 2.99. The van der Waals surface area contributed by atoms with Gasteiger partial charge in [-0.2, -0.15) is 0 Å². The van der Waals surface area contributed by atoms with Gasteiger partial charge in [0.05, 0.1) is 23.9 Å². The fourth-order valence-corrected chi connectivity index (χ4v) is 3.86. The molecule has 8 heteroatoms. The van der Waals surface area contributed by atoms with Gasteiger partial charge in [-0.1, -0.05) is 25.5 Å². The molecule has 7 nitrogen and oxygen atoms in total. The van der Waals surface area contributed by atoms with E-state index in [4.69, 9.17) is 4.74 Å². The van der Waals surface area contributed by atoms with Crippen LogP contribution in [0.25, 0.3) is 10.2 Å². The lowest BCUT2D eigenvalue weighted by molar-refractivity contribution is -0.118. The van der Waals surface area contributed by atoms with Gasteiger partial charge in [0.2, 0.25) is 5.91 Å². The molecule has 2 heterocycles. The Hall–Kier alpha value is -3.00. The number of carbonyl (C=O) groups excluding carboxylic acids is 2. The van der Waals surface area contributed by atoms with E-state index in [2.05, 4.69) is 10.3 Å². The number of hydrogen-bond acceptors (Lipinski definition) is 6. The van der Waals surface area contributed by atoms with Crippen molar-refractivity contribution in [2.24, 2.45) is 0 Å². The molecule has 1 N–H and O–H groups in total. The molecule has 0 aliphatic rings. The van der Waals surface area contributed by atoms with Crippen molar-refractivity contribution in [2.45, 2.75) is 46.6 Å². The van der Waals surface area contributed by atoms with Crippen LogP contribution < -0.4 is 10.9 Å². The summed E-state index contributed by atoms with van der Waals surface area (Å²) >= 11 is 1.20. The van der Waals surface area contributed by atoms with Crippen LogP contribution in [0.2, 0.25) is 0 Å². The number of aromatic nitrogens is 2. The molecule has 0 aliphatic heterocycles. The number of thiophene rings is 1. The standard InChI is InChI=1S/C22H25N3O4S/c1-5-6-9-29-22(28)16-11-30-20-18(16)21(27)25(12-23-20)15(4)19(26)24-17-10-13(2)7-8-14(17)3/h7-8,10-12,15H,5-6,9H2,1-4H3,(H,24,26). The van der Waals surface area contributed by atoms with Crippen LogP contribution in [0.1, 0.15) is 54.2 Å². The topological polar surface area (TPSA) is 90.3 Å². The summed E-state index contributed by atoms with van der Waals surface area (Å²) in [6.07, 6.45) is 3.01. The normalized spacial score (nSPS) is 12.0. The average Bonchev–Trinajstić information content (AvgIpc) is 3.16. The lowest BCUT2D eigenvalue weighted by Crippen LogP contribution is -2.32. The van der Waals surface area contributed by atoms with Crippen molar-refractivity contribution in [1.29, 1.82) is 0 Å². The summed E-state index contributed by atoms with van der Waals surface area (Å²) in [6, 6.07) is 4.97. The summed E-state index contributed by atoms with van der Waals surface area (Å²) < 4.78 is 6.50. The molecule has 1 amide bonds. The predicted octanol–water partition coefficient (Wildman–Crippen LogP) is 4.23. The highest BCUT2D eigenvalue weighted by Gasteiger charge is 2.23. The molecule has 1 aromatic carbocycles.